The molecule has 2 heterocycles. The van der Waals surface area contributed by atoms with Crippen molar-refractivity contribution in [2.24, 2.45) is 18.9 Å². The summed E-state index contributed by atoms with van der Waals surface area (Å²) in [5.41, 5.74) is 2.83. The van der Waals surface area contributed by atoms with Crippen LogP contribution in [0.1, 0.15) is 49.3 Å². The Kier molecular flexibility index (Phi) is 6.65. The molecule has 2 aliphatic carbocycles. The van der Waals surface area contributed by atoms with Crippen LogP contribution in [-0.4, -0.2) is 58.2 Å². The van der Waals surface area contributed by atoms with Crippen LogP contribution >= 0.6 is 0 Å². The highest BCUT2D eigenvalue weighted by Gasteiger charge is 2.38. The number of alkyl halides is 3. The van der Waals surface area contributed by atoms with E-state index in [1.54, 1.807) is 0 Å². The van der Waals surface area contributed by atoms with E-state index >= 15 is 0 Å². The first kappa shape index (κ1) is 21.1. The maximum Gasteiger partial charge on any atom is 0.490 e. The number of carbonyl (C=O) groups is 1. The molecule has 3 aliphatic rings. The van der Waals surface area contributed by atoms with Crippen LogP contribution in [0, 0.1) is 11.8 Å². The number of aromatic nitrogens is 2. The third-order valence-electron chi connectivity index (χ3n) is 5.74. The van der Waals surface area contributed by atoms with E-state index in [1.165, 1.54) is 49.9 Å². The summed E-state index contributed by atoms with van der Waals surface area (Å²) in [6.45, 7) is 5.33. The lowest BCUT2D eigenvalue weighted by Gasteiger charge is -2.37. The van der Waals surface area contributed by atoms with Gasteiger partial charge in [-0.3, -0.25) is 9.58 Å². The molecule has 9 heteroatoms. The smallest absolute Gasteiger partial charge is 0.475 e. The van der Waals surface area contributed by atoms with Gasteiger partial charge in [0.05, 0.1) is 18.5 Å². The Morgan fingerprint density at radius 2 is 1.93 bits per heavy atom. The number of fused-ring (bicyclic) bond motifs is 1. The van der Waals surface area contributed by atoms with E-state index in [4.69, 9.17) is 14.6 Å². The van der Waals surface area contributed by atoms with Gasteiger partial charge in [-0.15, -0.1) is 0 Å². The number of aliphatic carboxylic acids is 1. The zero-order chi connectivity index (χ0) is 20.3. The molecule has 0 spiro atoms. The van der Waals surface area contributed by atoms with Crippen LogP contribution in [-0.2, 0) is 23.1 Å². The molecule has 28 heavy (non-hydrogen) atoms. The van der Waals surface area contributed by atoms with Crippen LogP contribution < -0.4 is 0 Å². The standard InChI is InChI=1S/C17H27N3O.C2HF3O2/c1-19-17-10-20(8-13-3-2-4-13)9-15(16(17)7-18-19)12-21-11-14-5-6-14;3-2(4,5)1(6)7/h7,13-15H,2-6,8-12H2,1H3;(H,6,7). The number of aryl methyl sites for hydroxylation is 1. The fourth-order valence-electron chi connectivity index (χ4n) is 3.68. The maximum absolute atomic E-state index is 10.6. The highest BCUT2D eigenvalue weighted by atomic mass is 19.4. The van der Waals surface area contributed by atoms with E-state index in [0.717, 1.165) is 38.1 Å². The molecule has 6 nitrogen and oxygen atoms in total. The highest BCUT2D eigenvalue weighted by Crippen LogP contribution is 2.33. The first-order valence-electron chi connectivity index (χ1n) is 9.85. The molecular formula is C19H28F3N3O3. The van der Waals surface area contributed by atoms with Crippen molar-refractivity contribution in [1.82, 2.24) is 14.7 Å². The predicted octanol–water partition coefficient (Wildman–Crippen LogP) is 3.18. The molecule has 1 N–H and O–H groups in total. The summed E-state index contributed by atoms with van der Waals surface area (Å²) in [6, 6.07) is 0. The molecule has 2 fully saturated rings. The second-order valence-electron chi connectivity index (χ2n) is 8.14. The van der Waals surface area contributed by atoms with Crippen molar-refractivity contribution >= 4 is 5.97 Å². The molecule has 0 aromatic carbocycles. The highest BCUT2D eigenvalue weighted by molar-refractivity contribution is 5.73. The van der Waals surface area contributed by atoms with Gasteiger partial charge in [-0.25, -0.2) is 4.79 Å². The summed E-state index contributed by atoms with van der Waals surface area (Å²) in [5, 5.41) is 11.6. The summed E-state index contributed by atoms with van der Waals surface area (Å²) in [5.74, 6) is -0.449. The van der Waals surface area contributed by atoms with Crippen molar-refractivity contribution in [2.45, 2.75) is 50.7 Å². The normalized spacial score (nSPS) is 22.8. The quantitative estimate of drug-likeness (QED) is 0.790. The number of ether oxygens (including phenoxy) is 1. The molecule has 4 rings (SSSR count). The Bertz CT molecular complexity index is 669. The third kappa shape index (κ3) is 5.70. The van der Waals surface area contributed by atoms with Crippen molar-refractivity contribution in [2.75, 3.05) is 26.3 Å². The average Bonchev–Trinajstić information content (AvgIpc) is 3.33. The van der Waals surface area contributed by atoms with Gasteiger partial charge in [-0.05, 0) is 37.5 Å². The maximum atomic E-state index is 10.6. The number of carboxylic acids is 1. The summed E-state index contributed by atoms with van der Waals surface area (Å²) < 4.78 is 39.8. The number of halogens is 3. The number of hydrogen-bond donors (Lipinski definition) is 1. The van der Waals surface area contributed by atoms with Gasteiger partial charge in [0.2, 0.25) is 0 Å². The largest absolute Gasteiger partial charge is 0.490 e. The average molecular weight is 403 g/mol. The van der Waals surface area contributed by atoms with Crippen LogP contribution in [0.5, 0.6) is 0 Å². The van der Waals surface area contributed by atoms with Crippen molar-refractivity contribution in [3.8, 4) is 0 Å². The minimum Gasteiger partial charge on any atom is -0.475 e. The minimum absolute atomic E-state index is 0.515. The molecule has 2 saturated carbocycles. The summed E-state index contributed by atoms with van der Waals surface area (Å²) in [4.78, 5) is 11.5. The van der Waals surface area contributed by atoms with Gasteiger partial charge in [-0.1, -0.05) is 6.42 Å². The van der Waals surface area contributed by atoms with Crippen molar-refractivity contribution in [1.29, 1.82) is 0 Å². The molecule has 1 atom stereocenters. The van der Waals surface area contributed by atoms with Crippen molar-refractivity contribution < 1.29 is 27.8 Å². The van der Waals surface area contributed by atoms with Gasteiger partial charge in [-0.2, -0.15) is 18.3 Å². The molecule has 1 aliphatic heterocycles. The summed E-state index contributed by atoms with van der Waals surface area (Å²) >= 11 is 0. The number of rotatable bonds is 6. The molecule has 1 unspecified atom stereocenters. The minimum atomic E-state index is -5.08. The molecule has 0 amide bonds. The lowest BCUT2D eigenvalue weighted by atomic mass is 9.84. The fourth-order valence-corrected chi connectivity index (χ4v) is 3.68. The van der Waals surface area contributed by atoms with Crippen LogP contribution in [0.15, 0.2) is 6.20 Å². The zero-order valence-electron chi connectivity index (χ0n) is 16.1. The Morgan fingerprint density at radius 3 is 2.46 bits per heavy atom. The monoisotopic (exact) mass is 403 g/mol. The molecule has 0 saturated heterocycles. The van der Waals surface area contributed by atoms with Crippen molar-refractivity contribution in [3.63, 3.8) is 0 Å². The Hall–Kier alpha value is -1.61. The molecule has 0 bridgehead atoms. The van der Waals surface area contributed by atoms with E-state index < -0.39 is 12.1 Å². The van der Waals surface area contributed by atoms with E-state index in [1.807, 2.05) is 0 Å². The van der Waals surface area contributed by atoms with E-state index in [-0.39, 0.29) is 0 Å². The van der Waals surface area contributed by atoms with E-state index in [2.05, 4.69) is 27.9 Å². The third-order valence-corrected chi connectivity index (χ3v) is 5.74. The van der Waals surface area contributed by atoms with Crippen LogP contribution in [0.25, 0.3) is 0 Å². The molecule has 1 aromatic heterocycles. The SMILES string of the molecule is Cn1ncc2c1CN(CC1CCC1)CC2COCC1CC1.O=C(O)C(F)(F)F. The van der Waals surface area contributed by atoms with Gasteiger partial charge in [0, 0.05) is 44.8 Å². The number of hydrogen-bond acceptors (Lipinski definition) is 4. The lowest BCUT2D eigenvalue weighted by molar-refractivity contribution is -0.192. The number of carboxylic acid groups (broad SMARTS) is 1. The van der Waals surface area contributed by atoms with Crippen LogP contribution in [0.3, 0.4) is 0 Å². The van der Waals surface area contributed by atoms with Crippen molar-refractivity contribution in [3.05, 3.63) is 17.5 Å². The Balaban J connectivity index is 0.000000279. The van der Waals surface area contributed by atoms with Gasteiger partial charge in [0.25, 0.3) is 0 Å². The second-order valence-corrected chi connectivity index (χ2v) is 8.14. The van der Waals surface area contributed by atoms with Crippen LogP contribution in [0.4, 0.5) is 13.2 Å². The number of nitrogens with zero attached hydrogens (tertiary/aromatic N) is 3. The summed E-state index contributed by atoms with van der Waals surface area (Å²) in [7, 11) is 2.08. The van der Waals surface area contributed by atoms with Gasteiger partial charge in [0.15, 0.2) is 0 Å². The molecule has 0 radical (unpaired) electrons. The first-order chi connectivity index (χ1) is 13.2. The Labute approximate surface area is 162 Å². The fraction of sp³-hybridized carbons (Fsp3) is 0.789. The Morgan fingerprint density at radius 1 is 1.25 bits per heavy atom. The summed E-state index contributed by atoms with van der Waals surface area (Å²) in [6.07, 6.45) is 4.02. The van der Waals surface area contributed by atoms with Gasteiger partial charge >= 0.3 is 12.1 Å². The zero-order valence-corrected chi connectivity index (χ0v) is 16.1. The topological polar surface area (TPSA) is 67.6 Å². The van der Waals surface area contributed by atoms with Crippen LogP contribution in [0.2, 0.25) is 0 Å². The van der Waals surface area contributed by atoms with Gasteiger partial charge in [0.1, 0.15) is 0 Å². The van der Waals surface area contributed by atoms with E-state index in [0.29, 0.717) is 5.92 Å². The second kappa shape index (κ2) is 8.82. The first-order valence-corrected chi connectivity index (χ1v) is 9.85. The van der Waals surface area contributed by atoms with Gasteiger partial charge < -0.3 is 9.84 Å². The van der Waals surface area contributed by atoms with E-state index in [9.17, 15) is 13.2 Å². The predicted molar refractivity (Wildman–Crippen MR) is 95.8 cm³/mol. The molecule has 158 valence electrons. The lowest BCUT2D eigenvalue weighted by Crippen LogP contribution is -2.40. The molecular weight excluding hydrogens is 375 g/mol. The molecule has 1 aromatic rings.